The molecule has 1 aliphatic carbocycles. The number of rotatable bonds is 2. The maximum atomic E-state index is 5.84. The van der Waals surface area contributed by atoms with Crippen molar-refractivity contribution in [1.29, 1.82) is 0 Å². The van der Waals surface area contributed by atoms with Crippen LogP contribution in [0.4, 0.5) is 0 Å². The first-order valence-electron chi connectivity index (χ1n) is 6.93. The van der Waals surface area contributed by atoms with Gasteiger partial charge in [0.1, 0.15) is 5.82 Å². The summed E-state index contributed by atoms with van der Waals surface area (Å²) < 4.78 is 0. The van der Waals surface area contributed by atoms with Crippen LogP contribution in [0.15, 0.2) is 18.3 Å². The maximum Gasteiger partial charge on any atom is 0.109 e. The normalized spacial score (nSPS) is 22.3. The zero-order chi connectivity index (χ0) is 13.6. The van der Waals surface area contributed by atoms with Crippen LogP contribution in [-0.4, -0.2) is 16.0 Å². The van der Waals surface area contributed by atoms with Crippen LogP contribution < -0.4 is 5.73 Å². The average Bonchev–Trinajstić information content (AvgIpc) is 2.78. The highest BCUT2D eigenvalue weighted by Gasteiger charge is 2.29. The summed E-state index contributed by atoms with van der Waals surface area (Å²) in [5.41, 5.74) is 12.2. The fourth-order valence-electron chi connectivity index (χ4n) is 2.82. The molecule has 3 heteroatoms. The fraction of sp³-hybridized carbons (Fsp3) is 0.438. The monoisotopic (exact) mass is 255 g/mol. The Bertz CT molecular complexity index is 606. The van der Waals surface area contributed by atoms with Crippen LogP contribution in [0.2, 0.25) is 0 Å². The molecule has 1 aliphatic rings. The first-order chi connectivity index (χ1) is 9.04. The minimum Gasteiger partial charge on any atom is -0.342 e. The molecule has 1 saturated carbocycles. The highest BCUT2D eigenvalue weighted by atomic mass is 14.9. The lowest BCUT2D eigenvalue weighted by Crippen LogP contribution is -2.35. The molecule has 1 aromatic carbocycles. The molecule has 0 amide bonds. The van der Waals surface area contributed by atoms with E-state index in [-0.39, 0.29) is 0 Å². The number of aryl methyl sites for hydroxylation is 3. The summed E-state index contributed by atoms with van der Waals surface area (Å²) in [5.74, 6) is 1.62. The molecule has 1 fully saturated rings. The highest BCUT2D eigenvalue weighted by molar-refractivity contribution is 5.65. The summed E-state index contributed by atoms with van der Waals surface area (Å²) in [6.07, 6.45) is 4.06. The Morgan fingerprint density at radius 2 is 1.79 bits per heavy atom. The standard InChI is InChI=1S/C16H21N3/c1-9-4-11(3)14(5-10(9)2)15-8-18-16(19-15)12-6-13(17)7-12/h4-5,8,12-13H,6-7,17H2,1-3H3,(H,18,19). The van der Waals surface area contributed by atoms with E-state index in [1.54, 1.807) is 0 Å². The molecule has 0 radical (unpaired) electrons. The second-order valence-corrected chi connectivity index (χ2v) is 5.86. The Balaban J connectivity index is 1.92. The van der Waals surface area contributed by atoms with Crippen LogP contribution in [0.1, 0.15) is 41.3 Å². The van der Waals surface area contributed by atoms with E-state index in [0.29, 0.717) is 12.0 Å². The van der Waals surface area contributed by atoms with E-state index in [1.807, 2.05) is 6.20 Å². The lowest BCUT2D eigenvalue weighted by atomic mass is 9.80. The van der Waals surface area contributed by atoms with Crippen molar-refractivity contribution in [1.82, 2.24) is 9.97 Å². The van der Waals surface area contributed by atoms with Crippen molar-refractivity contribution in [2.45, 2.75) is 45.6 Å². The predicted molar refractivity (Wildman–Crippen MR) is 78.2 cm³/mol. The molecule has 0 atom stereocenters. The van der Waals surface area contributed by atoms with E-state index in [2.05, 4.69) is 42.9 Å². The molecular weight excluding hydrogens is 234 g/mol. The van der Waals surface area contributed by atoms with Gasteiger partial charge in [0.05, 0.1) is 11.9 Å². The summed E-state index contributed by atoms with van der Waals surface area (Å²) in [4.78, 5) is 8.00. The van der Waals surface area contributed by atoms with Gasteiger partial charge in [-0.15, -0.1) is 0 Å². The number of hydrogen-bond acceptors (Lipinski definition) is 2. The molecule has 0 unspecified atom stereocenters. The van der Waals surface area contributed by atoms with Crippen molar-refractivity contribution >= 4 is 0 Å². The van der Waals surface area contributed by atoms with Crippen LogP contribution >= 0.6 is 0 Å². The molecule has 100 valence electrons. The highest BCUT2D eigenvalue weighted by Crippen LogP contribution is 2.35. The van der Waals surface area contributed by atoms with Gasteiger partial charge in [-0.25, -0.2) is 4.98 Å². The number of aromatic nitrogens is 2. The molecule has 0 saturated heterocycles. The summed E-state index contributed by atoms with van der Waals surface area (Å²) in [6, 6.07) is 4.85. The number of benzene rings is 1. The predicted octanol–water partition coefficient (Wildman–Crippen LogP) is 3.21. The van der Waals surface area contributed by atoms with Crippen LogP contribution in [0, 0.1) is 20.8 Å². The van der Waals surface area contributed by atoms with Gasteiger partial charge in [-0.2, -0.15) is 0 Å². The van der Waals surface area contributed by atoms with Gasteiger partial charge in [-0.1, -0.05) is 6.07 Å². The van der Waals surface area contributed by atoms with Gasteiger partial charge in [0.15, 0.2) is 0 Å². The van der Waals surface area contributed by atoms with Crippen molar-refractivity contribution < 1.29 is 0 Å². The number of H-pyrrole nitrogens is 1. The third-order valence-corrected chi connectivity index (χ3v) is 4.29. The molecule has 3 N–H and O–H groups in total. The first kappa shape index (κ1) is 12.4. The number of nitrogens with two attached hydrogens (primary N) is 1. The molecule has 19 heavy (non-hydrogen) atoms. The van der Waals surface area contributed by atoms with Crippen LogP contribution in [0.3, 0.4) is 0 Å². The second kappa shape index (κ2) is 4.49. The summed E-state index contributed by atoms with van der Waals surface area (Å²) >= 11 is 0. The summed E-state index contributed by atoms with van der Waals surface area (Å²) in [5, 5.41) is 0. The minimum absolute atomic E-state index is 0.363. The maximum absolute atomic E-state index is 5.84. The average molecular weight is 255 g/mol. The van der Waals surface area contributed by atoms with Gasteiger partial charge in [0.25, 0.3) is 0 Å². The Morgan fingerprint density at radius 3 is 2.47 bits per heavy atom. The molecule has 2 aromatic rings. The van der Waals surface area contributed by atoms with E-state index >= 15 is 0 Å². The van der Waals surface area contributed by atoms with Gasteiger partial charge in [-0.05, 0) is 56.4 Å². The van der Waals surface area contributed by atoms with E-state index in [4.69, 9.17) is 5.73 Å². The first-order valence-corrected chi connectivity index (χ1v) is 6.93. The van der Waals surface area contributed by atoms with E-state index in [9.17, 15) is 0 Å². The molecule has 3 rings (SSSR count). The minimum atomic E-state index is 0.363. The number of nitrogens with one attached hydrogen (secondary N) is 1. The summed E-state index contributed by atoms with van der Waals surface area (Å²) in [7, 11) is 0. The molecule has 0 bridgehead atoms. The fourth-order valence-corrected chi connectivity index (χ4v) is 2.82. The summed E-state index contributed by atoms with van der Waals surface area (Å²) in [6.45, 7) is 6.46. The van der Waals surface area contributed by atoms with E-state index < -0.39 is 0 Å². The zero-order valence-electron chi connectivity index (χ0n) is 11.8. The van der Waals surface area contributed by atoms with Crippen molar-refractivity contribution in [2.24, 2.45) is 5.73 Å². The SMILES string of the molecule is Cc1cc(C)c(-c2cnc(C3CC(N)C3)[nH]2)cc1C. The van der Waals surface area contributed by atoms with Gasteiger partial charge in [-0.3, -0.25) is 0 Å². The third kappa shape index (κ3) is 2.19. The van der Waals surface area contributed by atoms with Crippen molar-refractivity contribution in [3.63, 3.8) is 0 Å². The smallest absolute Gasteiger partial charge is 0.109 e. The van der Waals surface area contributed by atoms with Crippen LogP contribution in [-0.2, 0) is 0 Å². The number of imidazole rings is 1. The lowest BCUT2D eigenvalue weighted by molar-refractivity contribution is 0.340. The Hall–Kier alpha value is -1.61. The van der Waals surface area contributed by atoms with E-state index in [1.165, 1.54) is 22.3 Å². The molecule has 1 heterocycles. The lowest BCUT2D eigenvalue weighted by Gasteiger charge is -2.30. The topological polar surface area (TPSA) is 54.7 Å². The van der Waals surface area contributed by atoms with Crippen LogP contribution in [0.5, 0.6) is 0 Å². The largest absolute Gasteiger partial charge is 0.342 e. The Labute approximate surface area is 114 Å². The van der Waals surface area contributed by atoms with Crippen molar-refractivity contribution in [2.75, 3.05) is 0 Å². The van der Waals surface area contributed by atoms with Crippen molar-refractivity contribution in [3.8, 4) is 11.3 Å². The number of hydrogen-bond donors (Lipinski definition) is 2. The Morgan fingerprint density at radius 1 is 1.11 bits per heavy atom. The Kier molecular flexibility index (Phi) is 2.94. The molecule has 3 nitrogen and oxygen atoms in total. The quantitative estimate of drug-likeness (QED) is 0.865. The van der Waals surface area contributed by atoms with Gasteiger partial charge >= 0.3 is 0 Å². The zero-order valence-corrected chi connectivity index (χ0v) is 11.8. The third-order valence-electron chi connectivity index (χ3n) is 4.29. The molecule has 0 spiro atoms. The van der Waals surface area contributed by atoms with Gasteiger partial charge in [0, 0.05) is 17.5 Å². The van der Waals surface area contributed by atoms with Gasteiger partial charge < -0.3 is 10.7 Å². The van der Waals surface area contributed by atoms with E-state index in [0.717, 1.165) is 24.4 Å². The van der Waals surface area contributed by atoms with Gasteiger partial charge in [0.2, 0.25) is 0 Å². The molecule has 0 aliphatic heterocycles. The number of nitrogens with zero attached hydrogens (tertiary/aromatic N) is 1. The number of aromatic amines is 1. The molecule has 1 aromatic heterocycles. The van der Waals surface area contributed by atoms with Crippen LogP contribution in [0.25, 0.3) is 11.3 Å². The molecular formula is C16H21N3. The second-order valence-electron chi connectivity index (χ2n) is 5.86. The van der Waals surface area contributed by atoms with Crippen molar-refractivity contribution in [3.05, 3.63) is 40.8 Å².